The molecule has 2 fully saturated rings. The average molecular weight is 182 g/mol. The zero-order chi connectivity index (χ0) is 9.42. The largest absolute Gasteiger partial charge is 0.351 e. The Morgan fingerprint density at radius 1 is 1.54 bits per heavy atom. The highest BCUT2D eigenvalue weighted by Gasteiger charge is 2.39. The molecule has 4 nitrogen and oxygen atoms in total. The predicted octanol–water partition coefficient (Wildman–Crippen LogP) is -0.114. The van der Waals surface area contributed by atoms with Gasteiger partial charge in [-0.05, 0) is 12.8 Å². The van der Waals surface area contributed by atoms with Crippen molar-refractivity contribution in [3.63, 3.8) is 0 Å². The van der Waals surface area contributed by atoms with Crippen molar-refractivity contribution >= 4 is 11.8 Å². The lowest BCUT2D eigenvalue weighted by atomic mass is 10.2. The zero-order valence-corrected chi connectivity index (χ0v) is 7.75. The molecule has 2 rings (SSSR count). The van der Waals surface area contributed by atoms with E-state index in [0.717, 1.165) is 12.8 Å². The molecule has 1 N–H and O–H groups in total. The molecule has 0 bridgehead atoms. The first kappa shape index (κ1) is 8.53. The van der Waals surface area contributed by atoms with Gasteiger partial charge < -0.3 is 10.2 Å². The van der Waals surface area contributed by atoms with Crippen LogP contribution in [0.1, 0.15) is 26.2 Å². The number of amides is 2. The maximum Gasteiger partial charge on any atom is 0.225 e. The van der Waals surface area contributed by atoms with E-state index in [2.05, 4.69) is 5.32 Å². The fourth-order valence-electron chi connectivity index (χ4n) is 1.85. The monoisotopic (exact) mass is 182 g/mol. The summed E-state index contributed by atoms with van der Waals surface area (Å²) >= 11 is 0. The van der Waals surface area contributed by atoms with Crippen molar-refractivity contribution in [1.82, 2.24) is 10.2 Å². The number of hydrogen-bond acceptors (Lipinski definition) is 2. The minimum absolute atomic E-state index is 0.0459. The summed E-state index contributed by atoms with van der Waals surface area (Å²) in [5.74, 6) is 0.150. The SMILES string of the molecule is CC(=O)NC1CC(=O)N(C2CC2)C1. The van der Waals surface area contributed by atoms with Gasteiger partial charge in [0.05, 0.1) is 6.04 Å². The summed E-state index contributed by atoms with van der Waals surface area (Å²) in [6.07, 6.45) is 2.76. The van der Waals surface area contributed by atoms with E-state index in [4.69, 9.17) is 0 Å². The molecule has 1 atom stereocenters. The molecule has 0 aromatic rings. The first-order chi connectivity index (χ1) is 6.16. The van der Waals surface area contributed by atoms with Gasteiger partial charge in [0, 0.05) is 25.9 Å². The van der Waals surface area contributed by atoms with Gasteiger partial charge in [0.2, 0.25) is 11.8 Å². The molecule has 1 aliphatic heterocycles. The first-order valence-corrected chi connectivity index (χ1v) is 4.73. The molecule has 4 heteroatoms. The summed E-state index contributed by atoms with van der Waals surface area (Å²) < 4.78 is 0. The lowest BCUT2D eigenvalue weighted by Crippen LogP contribution is -2.36. The summed E-state index contributed by atoms with van der Waals surface area (Å²) in [5.41, 5.74) is 0. The van der Waals surface area contributed by atoms with Gasteiger partial charge in [-0.2, -0.15) is 0 Å². The lowest BCUT2D eigenvalue weighted by Gasteiger charge is -2.15. The van der Waals surface area contributed by atoms with Gasteiger partial charge in [-0.1, -0.05) is 0 Å². The minimum Gasteiger partial charge on any atom is -0.351 e. The standard InChI is InChI=1S/C9H14N2O2/c1-6(12)10-7-4-9(13)11(5-7)8-2-3-8/h7-8H,2-5H2,1H3,(H,10,12). The van der Waals surface area contributed by atoms with Crippen LogP contribution in [0.25, 0.3) is 0 Å². The van der Waals surface area contributed by atoms with Crippen LogP contribution in [0.3, 0.4) is 0 Å². The molecule has 13 heavy (non-hydrogen) atoms. The van der Waals surface area contributed by atoms with E-state index in [1.165, 1.54) is 6.92 Å². The molecule has 72 valence electrons. The van der Waals surface area contributed by atoms with Crippen LogP contribution < -0.4 is 5.32 Å². The molecular weight excluding hydrogens is 168 g/mol. The summed E-state index contributed by atoms with van der Waals surface area (Å²) in [6, 6.07) is 0.525. The number of likely N-dealkylation sites (tertiary alicyclic amines) is 1. The van der Waals surface area contributed by atoms with E-state index in [1.807, 2.05) is 4.90 Å². The van der Waals surface area contributed by atoms with E-state index in [0.29, 0.717) is 19.0 Å². The highest BCUT2D eigenvalue weighted by atomic mass is 16.2. The van der Waals surface area contributed by atoms with Crippen LogP contribution in [0.5, 0.6) is 0 Å². The molecule has 0 radical (unpaired) electrons. The fraction of sp³-hybridized carbons (Fsp3) is 0.778. The summed E-state index contributed by atoms with van der Waals surface area (Å²) in [7, 11) is 0. The van der Waals surface area contributed by atoms with Crippen LogP contribution in [-0.4, -0.2) is 35.3 Å². The van der Waals surface area contributed by atoms with E-state index < -0.39 is 0 Å². The molecule has 0 spiro atoms. The lowest BCUT2D eigenvalue weighted by molar-refractivity contribution is -0.128. The Morgan fingerprint density at radius 2 is 2.23 bits per heavy atom. The molecule has 0 aromatic heterocycles. The van der Waals surface area contributed by atoms with Crippen molar-refractivity contribution in [3.8, 4) is 0 Å². The fourth-order valence-corrected chi connectivity index (χ4v) is 1.85. The Bertz CT molecular complexity index is 248. The molecule has 1 aliphatic carbocycles. The maximum absolute atomic E-state index is 11.4. The average Bonchev–Trinajstić information content (AvgIpc) is 2.77. The second-order valence-electron chi connectivity index (χ2n) is 3.88. The van der Waals surface area contributed by atoms with Crippen molar-refractivity contribution in [3.05, 3.63) is 0 Å². The molecule has 1 heterocycles. The van der Waals surface area contributed by atoms with E-state index in [1.54, 1.807) is 0 Å². The van der Waals surface area contributed by atoms with Gasteiger partial charge in [0.15, 0.2) is 0 Å². The zero-order valence-electron chi connectivity index (χ0n) is 7.75. The highest BCUT2D eigenvalue weighted by Crippen LogP contribution is 2.30. The van der Waals surface area contributed by atoms with Gasteiger partial charge in [0.25, 0.3) is 0 Å². The second kappa shape index (κ2) is 3.01. The highest BCUT2D eigenvalue weighted by molar-refractivity contribution is 5.82. The third kappa shape index (κ3) is 1.82. The van der Waals surface area contributed by atoms with E-state index >= 15 is 0 Å². The Hall–Kier alpha value is -1.06. The molecule has 1 unspecified atom stereocenters. The number of nitrogens with zero attached hydrogens (tertiary/aromatic N) is 1. The summed E-state index contributed by atoms with van der Waals surface area (Å²) in [5, 5.41) is 2.78. The number of hydrogen-bond donors (Lipinski definition) is 1. The minimum atomic E-state index is -0.0459. The molecule has 0 aromatic carbocycles. The maximum atomic E-state index is 11.4. The van der Waals surface area contributed by atoms with Crippen molar-refractivity contribution in [2.75, 3.05) is 6.54 Å². The Morgan fingerprint density at radius 3 is 2.77 bits per heavy atom. The van der Waals surface area contributed by atoms with Crippen LogP contribution in [0.2, 0.25) is 0 Å². The summed E-state index contributed by atoms with van der Waals surface area (Å²) in [6.45, 7) is 2.20. The number of nitrogens with one attached hydrogen (secondary N) is 1. The number of carbonyl (C=O) groups excluding carboxylic acids is 2. The molecular formula is C9H14N2O2. The third-order valence-electron chi connectivity index (χ3n) is 2.55. The normalized spacial score (nSPS) is 27.9. The quantitative estimate of drug-likeness (QED) is 0.647. The van der Waals surface area contributed by atoms with Gasteiger partial charge in [0.1, 0.15) is 0 Å². The molecule has 1 saturated carbocycles. The van der Waals surface area contributed by atoms with Gasteiger partial charge in [-0.15, -0.1) is 0 Å². The van der Waals surface area contributed by atoms with Crippen LogP contribution in [0.4, 0.5) is 0 Å². The Labute approximate surface area is 77.3 Å². The number of carbonyl (C=O) groups is 2. The van der Waals surface area contributed by atoms with Gasteiger partial charge >= 0.3 is 0 Å². The number of rotatable bonds is 2. The molecule has 1 saturated heterocycles. The molecule has 2 aliphatic rings. The summed E-state index contributed by atoms with van der Waals surface area (Å²) in [4.78, 5) is 24.1. The topological polar surface area (TPSA) is 49.4 Å². The van der Waals surface area contributed by atoms with Gasteiger partial charge in [-0.25, -0.2) is 0 Å². The van der Waals surface area contributed by atoms with E-state index in [9.17, 15) is 9.59 Å². The van der Waals surface area contributed by atoms with Crippen molar-refractivity contribution < 1.29 is 9.59 Å². The predicted molar refractivity (Wildman–Crippen MR) is 47.0 cm³/mol. The van der Waals surface area contributed by atoms with Crippen molar-refractivity contribution in [1.29, 1.82) is 0 Å². The second-order valence-corrected chi connectivity index (χ2v) is 3.88. The van der Waals surface area contributed by atoms with Crippen LogP contribution >= 0.6 is 0 Å². The first-order valence-electron chi connectivity index (χ1n) is 4.73. The Kier molecular flexibility index (Phi) is 1.98. The smallest absolute Gasteiger partial charge is 0.225 e. The van der Waals surface area contributed by atoms with Crippen LogP contribution in [0, 0.1) is 0 Å². The van der Waals surface area contributed by atoms with Gasteiger partial charge in [-0.3, -0.25) is 9.59 Å². The van der Waals surface area contributed by atoms with Crippen LogP contribution in [0.15, 0.2) is 0 Å². The Balaban J connectivity index is 1.90. The van der Waals surface area contributed by atoms with E-state index in [-0.39, 0.29) is 17.9 Å². The third-order valence-corrected chi connectivity index (χ3v) is 2.55. The molecule has 2 amide bonds. The van der Waals surface area contributed by atoms with Crippen LogP contribution in [-0.2, 0) is 9.59 Å². The van der Waals surface area contributed by atoms with Crippen molar-refractivity contribution in [2.45, 2.75) is 38.3 Å². The van der Waals surface area contributed by atoms with Crippen molar-refractivity contribution in [2.24, 2.45) is 0 Å².